The molecule has 2 atom stereocenters. The molecule has 26 heavy (non-hydrogen) atoms. The van der Waals surface area contributed by atoms with Crippen LogP contribution < -0.4 is 0 Å². The third-order valence-electron chi connectivity index (χ3n) is 7.08. The molecule has 0 aromatic heterocycles. The predicted octanol–water partition coefficient (Wildman–Crippen LogP) is 6.99. The zero-order valence-corrected chi connectivity index (χ0v) is 21.0. The molecule has 0 amide bonds. The molecule has 3 heteroatoms. The fraction of sp³-hybridized carbons (Fsp3) is 0.913. The van der Waals surface area contributed by atoms with E-state index < -0.39 is 18.4 Å². The first-order chi connectivity index (χ1) is 12.7. The number of hydrogen-bond donors (Lipinski definition) is 0. The topological polar surface area (TPSA) is 12.5 Å². The molecule has 2 unspecified atom stereocenters. The summed E-state index contributed by atoms with van der Waals surface area (Å²) >= 11 is -2.10. The third-order valence-corrected chi connectivity index (χ3v) is 24.4. The summed E-state index contributed by atoms with van der Waals surface area (Å²) in [5.41, 5.74) is 1.71. The van der Waals surface area contributed by atoms with E-state index in [9.17, 15) is 0 Å². The van der Waals surface area contributed by atoms with Crippen molar-refractivity contribution < 1.29 is 4.74 Å². The summed E-state index contributed by atoms with van der Waals surface area (Å²) in [4.78, 5) is 2.74. The number of nitrogens with zero attached hydrogens (tertiary/aromatic N) is 1. The van der Waals surface area contributed by atoms with Crippen LogP contribution in [0.5, 0.6) is 0 Å². The molecule has 1 fully saturated rings. The first kappa shape index (κ1) is 22.6. The molecule has 0 radical (unpaired) electrons. The van der Waals surface area contributed by atoms with Crippen LogP contribution in [0.2, 0.25) is 17.2 Å². The maximum absolute atomic E-state index is 5.51. The van der Waals surface area contributed by atoms with Gasteiger partial charge in [0.25, 0.3) is 0 Å². The molecule has 0 spiro atoms. The van der Waals surface area contributed by atoms with Crippen molar-refractivity contribution in [2.75, 3.05) is 20.3 Å². The monoisotopic (exact) mass is 471 g/mol. The molecule has 0 aromatic rings. The van der Waals surface area contributed by atoms with Crippen molar-refractivity contribution >= 4 is 18.4 Å². The van der Waals surface area contributed by atoms with E-state index in [-0.39, 0.29) is 0 Å². The van der Waals surface area contributed by atoms with E-state index in [1.807, 2.05) is 7.11 Å². The number of allylic oxidation sites excluding steroid dienone is 2. The molecule has 1 heterocycles. The van der Waals surface area contributed by atoms with Crippen molar-refractivity contribution in [2.45, 2.75) is 108 Å². The van der Waals surface area contributed by atoms with Crippen LogP contribution in [0, 0.1) is 0 Å². The Hall–Kier alpha value is 0.299. The van der Waals surface area contributed by atoms with Crippen LogP contribution in [0.4, 0.5) is 0 Å². The second kappa shape index (κ2) is 12.0. The van der Waals surface area contributed by atoms with Crippen LogP contribution in [0.1, 0.15) is 85.0 Å². The molecule has 1 saturated heterocycles. The molecule has 0 N–H and O–H groups in total. The number of unbranched alkanes of at least 4 members (excludes halogenated alkanes) is 3. The fourth-order valence-electron chi connectivity index (χ4n) is 5.52. The summed E-state index contributed by atoms with van der Waals surface area (Å²) in [7, 11) is 1.87. The van der Waals surface area contributed by atoms with E-state index in [0.29, 0.717) is 6.04 Å². The second-order valence-corrected chi connectivity index (χ2v) is 23.1. The van der Waals surface area contributed by atoms with Gasteiger partial charge in [0.05, 0.1) is 0 Å². The van der Waals surface area contributed by atoms with E-state index in [1.54, 1.807) is 19.0 Å². The molecular weight excluding hydrogens is 425 g/mol. The Kier molecular flexibility index (Phi) is 10.4. The number of methoxy groups -OCH3 is 1. The molecule has 1 aliphatic heterocycles. The van der Waals surface area contributed by atoms with Gasteiger partial charge in [-0.25, -0.2) is 0 Å². The third kappa shape index (κ3) is 5.90. The molecule has 2 aliphatic rings. The average Bonchev–Trinajstić information content (AvgIpc) is 3.31. The quantitative estimate of drug-likeness (QED) is 0.269. The van der Waals surface area contributed by atoms with Gasteiger partial charge in [0, 0.05) is 0 Å². The van der Waals surface area contributed by atoms with Gasteiger partial charge >= 0.3 is 168 Å². The van der Waals surface area contributed by atoms with Gasteiger partial charge in [-0.05, 0) is 0 Å². The summed E-state index contributed by atoms with van der Waals surface area (Å²) in [6, 6.07) is 0.650. The first-order valence-electron chi connectivity index (χ1n) is 11.7. The zero-order chi connectivity index (χ0) is 18.8. The molecule has 0 saturated carbocycles. The second-order valence-electron chi connectivity index (χ2n) is 8.92. The zero-order valence-electron chi connectivity index (χ0n) is 18.2. The summed E-state index contributed by atoms with van der Waals surface area (Å²) in [6.45, 7) is 9.37. The van der Waals surface area contributed by atoms with Gasteiger partial charge in [0.15, 0.2) is 0 Å². The summed E-state index contributed by atoms with van der Waals surface area (Å²) < 4.78 is 11.5. The van der Waals surface area contributed by atoms with E-state index in [2.05, 4.69) is 31.7 Å². The summed E-state index contributed by atoms with van der Waals surface area (Å²) in [6.07, 6.45) is 17.0. The van der Waals surface area contributed by atoms with Gasteiger partial charge in [-0.1, -0.05) is 0 Å². The molecule has 0 bridgehead atoms. The Morgan fingerprint density at radius 1 is 1.00 bits per heavy atom. The van der Waals surface area contributed by atoms with Gasteiger partial charge in [-0.2, -0.15) is 0 Å². The average molecular weight is 470 g/mol. The van der Waals surface area contributed by atoms with Crippen LogP contribution in [-0.4, -0.2) is 49.6 Å². The van der Waals surface area contributed by atoms with Gasteiger partial charge in [0.2, 0.25) is 0 Å². The number of likely N-dealkylation sites (tertiary alicyclic amines) is 1. The van der Waals surface area contributed by atoms with Crippen molar-refractivity contribution in [3.8, 4) is 0 Å². The molecular formula is C23H45NOSn. The van der Waals surface area contributed by atoms with Crippen molar-refractivity contribution in [3.63, 3.8) is 0 Å². The number of hydrogen-bond acceptors (Lipinski definition) is 2. The van der Waals surface area contributed by atoms with E-state index in [0.717, 1.165) is 10.5 Å². The van der Waals surface area contributed by atoms with E-state index >= 15 is 0 Å². The van der Waals surface area contributed by atoms with Gasteiger partial charge in [-0.15, -0.1) is 0 Å². The van der Waals surface area contributed by atoms with Gasteiger partial charge in [0.1, 0.15) is 0 Å². The fourth-order valence-corrected chi connectivity index (χ4v) is 23.6. The molecule has 0 aromatic carbocycles. The molecule has 2 rings (SSSR count). The van der Waals surface area contributed by atoms with Crippen LogP contribution in [0.3, 0.4) is 0 Å². The summed E-state index contributed by atoms with van der Waals surface area (Å²) in [5, 5.41) is 0. The Balaban J connectivity index is 2.16. The van der Waals surface area contributed by atoms with Crippen molar-refractivity contribution in [1.82, 2.24) is 4.90 Å². The maximum atomic E-state index is 5.51. The van der Waals surface area contributed by atoms with Gasteiger partial charge in [-0.3, -0.25) is 0 Å². The van der Waals surface area contributed by atoms with Crippen molar-refractivity contribution in [3.05, 3.63) is 11.8 Å². The number of rotatable bonds is 13. The standard InChI is InChI=1S/C11H18NO.3C4H9.Sn/c1-13-9-11-7-4-8-12(11)10-5-2-3-6-10;3*1-3-4-2;/h2,5,11H,3-4,6-9H2,1H3;3*1,3-4H2,2H3;. The molecule has 2 nitrogen and oxygen atoms in total. The summed E-state index contributed by atoms with van der Waals surface area (Å²) in [5.74, 6) is 0. The van der Waals surface area contributed by atoms with Crippen LogP contribution in [0.15, 0.2) is 11.8 Å². The van der Waals surface area contributed by atoms with Crippen molar-refractivity contribution in [2.24, 2.45) is 0 Å². The van der Waals surface area contributed by atoms with E-state index in [1.165, 1.54) is 70.8 Å². The number of ether oxygens (including phenoxy) is 1. The Morgan fingerprint density at radius 2 is 1.62 bits per heavy atom. The molecule has 1 aliphatic carbocycles. The predicted molar refractivity (Wildman–Crippen MR) is 118 cm³/mol. The van der Waals surface area contributed by atoms with Crippen LogP contribution in [-0.2, 0) is 4.74 Å². The normalized spacial score (nSPS) is 23.7. The minimum atomic E-state index is -2.10. The van der Waals surface area contributed by atoms with Crippen LogP contribution in [0.25, 0.3) is 0 Å². The van der Waals surface area contributed by atoms with Crippen LogP contribution >= 0.6 is 0 Å². The first-order valence-corrected chi connectivity index (χ1v) is 19.4. The Labute approximate surface area is 168 Å². The van der Waals surface area contributed by atoms with E-state index in [4.69, 9.17) is 4.74 Å². The minimum absolute atomic E-state index is 0.650. The Morgan fingerprint density at radius 3 is 2.15 bits per heavy atom. The van der Waals surface area contributed by atoms with Crippen molar-refractivity contribution in [1.29, 1.82) is 0 Å². The van der Waals surface area contributed by atoms with Gasteiger partial charge < -0.3 is 0 Å². The Bertz CT molecular complexity index is 401. The molecule has 152 valence electrons. The SMILES string of the molecule is CCC[CH2][Sn]([CH2]CCC)([CH2]CCC)[CH]1C=C(N2CCCC2COC)CC1.